The highest BCUT2D eigenvalue weighted by molar-refractivity contribution is 7.15. The van der Waals surface area contributed by atoms with Crippen molar-refractivity contribution in [2.24, 2.45) is 0 Å². The van der Waals surface area contributed by atoms with Crippen molar-refractivity contribution in [2.75, 3.05) is 26.3 Å². The fraction of sp³-hybridized carbons (Fsp3) is 0.524. The first kappa shape index (κ1) is 22.0. The van der Waals surface area contributed by atoms with Gasteiger partial charge in [0.05, 0.1) is 43.0 Å². The Hall–Kier alpha value is -1.67. The van der Waals surface area contributed by atoms with E-state index < -0.39 is 5.60 Å². The lowest BCUT2D eigenvalue weighted by Gasteiger charge is -2.34. The number of aromatic nitrogens is 1. The van der Waals surface area contributed by atoms with E-state index in [0.717, 1.165) is 21.1 Å². The predicted octanol–water partition coefficient (Wildman–Crippen LogP) is 4.92. The van der Waals surface area contributed by atoms with Gasteiger partial charge in [0.15, 0.2) is 0 Å². The molecule has 0 bridgehead atoms. The van der Waals surface area contributed by atoms with Crippen LogP contribution in [0.25, 0.3) is 10.6 Å². The molecule has 1 fully saturated rings. The Bertz CT molecular complexity index is 832. The van der Waals surface area contributed by atoms with Gasteiger partial charge in [-0.15, -0.1) is 11.3 Å². The number of carbonyl (C=O) groups excluding carboxylic acids is 1. The van der Waals surface area contributed by atoms with Crippen LogP contribution < -0.4 is 0 Å². The molecule has 0 aliphatic carbocycles. The summed E-state index contributed by atoms with van der Waals surface area (Å²) in [5.74, 6) is 0. The standard InChI is InChI=1S/C21H27ClN2O4S/c1-14-18(29-19(23-14)15-5-7-16(22)8-6-15)13-26-12-17-11-24(9-10-27-17)20(25)28-21(2,3)4/h5-8,17H,9-13H2,1-4H3. The van der Waals surface area contributed by atoms with Gasteiger partial charge in [0.25, 0.3) is 0 Å². The second kappa shape index (κ2) is 9.43. The largest absolute Gasteiger partial charge is 0.444 e. The quantitative estimate of drug-likeness (QED) is 0.662. The van der Waals surface area contributed by atoms with Crippen LogP contribution in [0.1, 0.15) is 31.3 Å². The summed E-state index contributed by atoms with van der Waals surface area (Å²) in [6, 6.07) is 7.65. The average molecular weight is 439 g/mol. The summed E-state index contributed by atoms with van der Waals surface area (Å²) in [5, 5.41) is 1.65. The lowest BCUT2D eigenvalue weighted by molar-refractivity contribution is -0.0748. The number of rotatable bonds is 5. The summed E-state index contributed by atoms with van der Waals surface area (Å²) in [6.07, 6.45) is -0.475. The molecule has 0 N–H and O–H groups in total. The maximum Gasteiger partial charge on any atom is 0.410 e. The van der Waals surface area contributed by atoms with Crippen LogP contribution in [0, 0.1) is 6.92 Å². The molecule has 8 heteroatoms. The number of morpholine rings is 1. The maximum absolute atomic E-state index is 12.3. The van der Waals surface area contributed by atoms with Gasteiger partial charge in [0.1, 0.15) is 10.6 Å². The van der Waals surface area contributed by atoms with Gasteiger partial charge in [-0.2, -0.15) is 0 Å². The molecule has 2 heterocycles. The molecule has 1 aromatic heterocycles. The van der Waals surface area contributed by atoms with Crippen molar-refractivity contribution in [3.05, 3.63) is 39.9 Å². The molecule has 0 saturated carbocycles. The van der Waals surface area contributed by atoms with Gasteiger partial charge in [-0.1, -0.05) is 23.7 Å². The Morgan fingerprint density at radius 2 is 2.07 bits per heavy atom. The number of benzene rings is 1. The van der Waals surface area contributed by atoms with Crippen LogP contribution in [0.2, 0.25) is 5.02 Å². The molecular weight excluding hydrogens is 412 g/mol. The first-order chi connectivity index (χ1) is 13.7. The molecule has 6 nitrogen and oxygen atoms in total. The van der Waals surface area contributed by atoms with Crippen LogP contribution in [-0.2, 0) is 20.8 Å². The molecule has 0 radical (unpaired) electrons. The monoisotopic (exact) mass is 438 g/mol. The van der Waals surface area contributed by atoms with Crippen molar-refractivity contribution in [3.63, 3.8) is 0 Å². The van der Waals surface area contributed by atoms with Gasteiger partial charge in [-0.05, 0) is 39.8 Å². The third-order valence-electron chi connectivity index (χ3n) is 4.31. The van der Waals surface area contributed by atoms with E-state index in [1.165, 1.54) is 0 Å². The highest BCUT2D eigenvalue weighted by atomic mass is 35.5. The van der Waals surface area contributed by atoms with E-state index in [-0.39, 0.29) is 12.2 Å². The van der Waals surface area contributed by atoms with Crippen LogP contribution >= 0.6 is 22.9 Å². The second-order valence-electron chi connectivity index (χ2n) is 7.97. The number of halogens is 1. The normalized spacial score (nSPS) is 17.4. The molecule has 0 spiro atoms. The number of carbonyl (C=O) groups is 1. The zero-order valence-electron chi connectivity index (χ0n) is 17.2. The van der Waals surface area contributed by atoms with Crippen LogP contribution in [0.15, 0.2) is 24.3 Å². The van der Waals surface area contributed by atoms with Crippen LogP contribution in [0.3, 0.4) is 0 Å². The topological polar surface area (TPSA) is 60.9 Å². The van der Waals surface area contributed by atoms with Crippen molar-refractivity contribution in [2.45, 2.75) is 46.0 Å². The fourth-order valence-corrected chi connectivity index (χ4v) is 4.00. The van der Waals surface area contributed by atoms with E-state index in [0.29, 0.717) is 37.9 Å². The number of amides is 1. The number of aryl methyl sites for hydroxylation is 1. The Morgan fingerprint density at radius 1 is 1.34 bits per heavy atom. The van der Waals surface area contributed by atoms with Crippen molar-refractivity contribution in [1.82, 2.24) is 9.88 Å². The number of hydrogen-bond acceptors (Lipinski definition) is 6. The molecule has 3 rings (SSSR count). The predicted molar refractivity (Wildman–Crippen MR) is 115 cm³/mol. The lowest BCUT2D eigenvalue weighted by atomic mass is 10.2. The van der Waals surface area contributed by atoms with Gasteiger partial charge in [-0.3, -0.25) is 0 Å². The molecule has 29 heavy (non-hydrogen) atoms. The van der Waals surface area contributed by atoms with E-state index in [1.54, 1.807) is 16.2 Å². The minimum absolute atomic E-state index is 0.166. The second-order valence-corrected chi connectivity index (χ2v) is 9.49. The van der Waals surface area contributed by atoms with E-state index in [4.69, 9.17) is 25.8 Å². The number of hydrogen-bond donors (Lipinski definition) is 0. The fourth-order valence-electron chi connectivity index (χ4n) is 2.87. The Kier molecular flexibility index (Phi) is 7.16. The summed E-state index contributed by atoms with van der Waals surface area (Å²) in [4.78, 5) is 19.6. The van der Waals surface area contributed by atoms with E-state index in [2.05, 4.69) is 4.98 Å². The van der Waals surface area contributed by atoms with E-state index in [1.807, 2.05) is 52.0 Å². The molecular formula is C21H27ClN2O4S. The molecule has 158 valence electrons. The number of thiazole rings is 1. The van der Waals surface area contributed by atoms with Gasteiger partial charge in [0.2, 0.25) is 0 Å². The summed E-state index contributed by atoms with van der Waals surface area (Å²) in [7, 11) is 0. The highest BCUT2D eigenvalue weighted by Crippen LogP contribution is 2.29. The Balaban J connectivity index is 1.51. The van der Waals surface area contributed by atoms with Crippen LogP contribution in [0.4, 0.5) is 4.79 Å². The lowest BCUT2D eigenvalue weighted by Crippen LogP contribution is -2.48. The maximum atomic E-state index is 12.3. The van der Waals surface area contributed by atoms with Gasteiger partial charge in [0, 0.05) is 17.1 Å². The Labute approximate surface area is 180 Å². The Morgan fingerprint density at radius 3 is 2.76 bits per heavy atom. The molecule has 1 amide bonds. The van der Waals surface area contributed by atoms with Gasteiger partial charge >= 0.3 is 6.09 Å². The third kappa shape index (κ3) is 6.40. The smallest absolute Gasteiger partial charge is 0.410 e. The molecule has 1 aromatic carbocycles. The summed E-state index contributed by atoms with van der Waals surface area (Å²) < 4.78 is 17.1. The van der Waals surface area contributed by atoms with Crippen molar-refractivity contribution >= 4 is 29.0 Å². The molecule has 1 aliphatic heterocycles. The number of ether oxygens (including phenoxy) is 3. The van der Waals surface area contributed by atoms with Crippen molar-refractivity contribution in [3.8, 4) is 10.6 Å². The zero-order chi connectivity index (χ0) is 21.0. The van der Waals surface area contributed by atoms with Gasteiger partial charge < -0.3 is 19.1 Å². The first-order valence-electron chi connectivity index (χ1n) is 9.61. The molecule has 2 aromatic rings. The highest BCUT2D eigenvalue weighted by Gasteiger charge is 2.28. The van der Waals surface area contributed by atoms with Crippen LogP contribution in [-0.4, -0.2) is 54.0 Å². The summed E-state index contributed by atoms with van der Waals surface area (Å²) in [5.41, 5.74) is 1.49. The summed E-state index contributed by atoms with van der Waals surface area (Å²) in [6.45, 7) is 9.92. The number of nitrogens with zero attached hydrogens (tertiary/aromatic N) is 2. The minimum Gasteiger partial charge on any atom is -0.444 e. The van der Waals surface area contributed by atoms with E-state index in [9.17, 15) is 4.79 Å². The SMILES string of the molecule is Cc1nc(-c2ccc(Cl)cc2)sc1COCC1CN(C(=O)OC(C)(C)C)CCO1. The molecule has 1 atom stereocenters. The molecule has 1 saturated heterocycles. The average Bonchev–Trinajstić information content (AvgIpc) is 3.02. The summed E-state index contributed by atoms with van der Waals surface area (Å²) >= 11 is 7.57. The molecule has 1 aliphatic rings. The molecule has 1 unspecified atom stereocenters. The third-order valence-corrected chi connectivity index (χ3v) is 5.74. The first-order valence-corrected chi connectivity index (χ1v) is 10.8. The zero-order valence-corrected chi connectivity index (χ0v) is 18.8. The van der Waals surface area contributed by atoms with Crippen molar-refractivity contribution < 1.29 is 19.0 Å². The van der Waals surface area contributed by atoms with E-state index >= 15 is 0 Å². The van der Waals surface area contributed by atoms with Crippen molar-refractivity contribution in [1.29, 1.82) is 0 Å². The minimum atomic E-state index is -0.507. The van der Waals surface area contributed by atoms with Crippen LogP contribution in [0.5, 0.6) is 0 Å². The van der Waals surface area contributed by atoms with Gasteiger partial charge in [-0.25, -0.2) is 9.78 Å².